The van der Waals surface area contributed by atoms with Crippen LogP contribution in [0.4, 0.5) is 0 Å². The average Bonchev–Trinajstić information content (AvgIpc) is 3.42. The molecule has 1 saturated heterocycles. The first kappa shape index (κ1) is 19.2. The Bertz CT molecular complexity index is 1030. The number of hydrogen-bond acceptors (Lipinski definition) is 4. The second kappa shape index (κ2) is 7.04. The van der Waals surface area contributed by atoms with E-state index in [0.717, 1.165) is 24.1 Å². The Balaban J connectivity index is 1.41. The quantitative estimate of drug-likeness (QED) is 0.745. The van der Waals surface area contributed by atoms with Crippen LogP contribution in [0.5, 0.6) is 5.75 Å². The van der Waals surface area contributed by atoms with Crippen LogP contribution < -0.4 is 10.3 Å². The first-order chi connectivity index (χ1) is 13.3. The summed E-state index contributed by atoms with van der Waals surface area (Å²) in [6.07, 6.45) is 1.86. The second-order valence-corrected chi connectivity index (χ2v) is 10.00. The number of rotatable bonds is 6. The van der Waals surface area contributed by atoms with Crippen molar-refractivity contribution >= 4 is 10.0 Å². The Hall–Kier alpha value is -2.12. The van der Waals surface area contributed by atoms with E-state index in [4.69, 9.17) is 4.74 Å². The molecule has 2 aliphatic rings. The van der Waals surface area contributed by atoms with Crippen LogP contribution in [0, 0.1) is 6.92 Å². The molecule has 0 atom stereocenters. The normalized spacial score (nSPS) is 18.3. The molecular formula is C21H26N2O4S. The van der Waals surface area contributed by atoms with E-state index < -0.39 is 10.0 Å². The second-order valence-electron chi connectivity index (χ2n) is 8.06. The van der Waals surface area contributed by atoms with Crippen molar-refractivity contribution in [3.8, 4) is 5.75 Å². The van der Waals surface area contributed by atoms with Gasteiger partial charge in [0.05, 0.1) is 18.0 Å². The monoisotopic (exact) mass is 402 g/mol. The Morgan fingerprint density at radius 1 is 1.07 bits per heavy atom. The highest BCUT2D eigenvalue weighted by molar-refractivity contribution is 7.89. The molecule has 7 heteroatoms. The number of hydrogen-bond donors (Lipinski definition) is 0. The van der Waals surface area contributed by atoms with Crippen molar-refractivity contribution < 1.29 is 13.2 Å². The van der Waals surface area contributed by atoms with Crippen molar-refractivity contribution in [2.24, 2.45) is 0 Å². The molecule has 0 radical (unpaired) electrons. The summed E-state index contributed by atoms with van der Waals surface area (Å²) in [6.45, 7) is 6.64. The van der Waals surface area contributed by atoms with Gasteiger partial charge in [-0.1, -0.05) is 26.0 Å². The minimum atomic E-state index is -3.51. The fourth-order valence-corrected chi connectivity index (χ4v) is 5.09. The van der Waals surface area contributed by atoms with Gasteiger partial charge in [0, 0.05) is 17.8 Å². The molecule has 2 fully saturated rings. The third kappa shape index (κ3) is 3.61. The van der Waals surface area contributed by atoms with E-state index in [2.05, 4.69) is 13.8 Å². The SMILES string of the molecule is Cc1cc(OC2CN(S(=O)(=O)c3ccc(C(C)C)cc3)C2)cc(=O)n1C1CC1. The van der Waals surface area contributed by atoms with E-state index in [1.165, 1.54) is 10.4 Å². The Morgan fingerprint density at radius 3 is 2.25 bits per heavy atom. The van der Waals surface area contributed by atoms with Crippen LogP contribution in [0.15, 0.2) is 46.1 Å². The maximum atomic E-state index is 12.7. The number of benzene rings is 1. The molecule has 28 heavy (non-hydrogen) atoms. The summed E-state index contributed by atoms with van der Waals surface area (Å²) in [5.41, 5.74) is 1.95. The van der Waals surface area contributed by atoms with Gasteiger partial charge in [-0.15, -0.1) is 0 Å². The smallest absolute Gasteiger partial charge is 0.254 e. The summed E-state index contributed by atoms with van der Waals surface area (Å²) >= 11 is 0. The molecule has 0 amide bonds. The third-order valence-corrected chi connectivity index (χ3v) is 7.29. The first-order valence-corrected chi connectivity index (χ1v) is 11.2. The summed E-state index contributed by atoms with van der Waals surface area (Å²) < 4.78 is 34.6. The number of nitrogens with zero attached hydrogens (tertiary/aromatic N) is 2. The minimum Gasteiger partial charge on any atom is -0.487 e. The average molecular weight is 403 g/mol. The Labute approximate surface area is 165 Å². The van der Waals surface area contributed by atoms with Crippen molar-refractivity contribution in [1.82, 2.24) is 8.87 Å². The van der Waals surface area contributed by atoms with Gasteiger partial charge >= 0.3 is 0 Å². The van der Waals surface area contributed by atoms with E-state index in [1.807, 2.05) is 29.7 Å². The van der Waals surface area contributed by atoms with Crippen LogP contribution in [0.3, 0.4) is 0 Å². The Morgan fingerprint density at radius 2 is 1.71 bits per heavy atom. The minimum absolute atomic E-state index is 0.0495. The summed E-state index contributed by atoms with van der Waals surface area (Å²) in [5, 5.41) is 0. The summed E-state index contributed by atoms with van der Waals surface area (Å²) in [7, 11) is -3.51. The van der Waals surface area contributed by atoms with Gasteiger partial charge in [-0.25, -0.2) is 8.42 Å². The van der Waals surface area contributed by atoms with Crippen molar-refractivity contribution in [3.63, 3.8) is 0 Å². The number of aromatic nitrogens is 1. The maximum Gasteiger partial charge on any atom is 0.254 e. The van der Waals surface area contributed by atoms with Crippen LogP contribution in [0.25, 0.3) is 0 Å². The van der Waals surface area contributed by atoms with Crippen molar-refractivity contribution in [2.45, 2.75) is 56.6 Å². The lowest BCUT2D eigenvalue weighted by molar-refractivity contribution is 0.0758. The van der Waals surface area contributed by atoms with Gasteiger partial charge in [0.1, 0.15) is 11.9 Å². The summed E-state index contributed by atoms with van der Waals surface area (Å²) in [4.78, 5) is 12.6. The highest BCUT2D eigenvalue weighted by Crippen LogP contribution is 2.35. The molecule has 0 bridgehead atoms. The molecule has 4 rings (SSSR count). The number of sulfonamides is 1. The highest BCUT2D eigenvalue weighted by Gasteiger charge is 2.38. The molecule has 2 aromatic rings. The van der Waals surface area contributed by atoms with E-state index in [9.17, 15) is 13.2 Å². The van der Waals surface area contributed by atoms with Gasteiger partial charge in [-0.2, -0.15) is 4.31 Å². The van der Waals surface area contributed by atoms with Crippen LogP contribution in [0.1, 0.15) is 49.9 Å². The topological polar surface area (TPSA) is 68.6 Å². The molecular weight excluding hydrogens is 376 g/mol. The third-order valence-electron chi connectivity index (χ3n) is 5.45. The zero-order valence-corrected chi connectivity index (χ0v) is 17.3. The van der Waals surface area contributed by atoms with Gasteiger partial charge in [0.2, 0.25) is 10.0 Å². The lowest BCUT2D eigenvalue weighted by atomic mass is 10.0. The number of pyridine rings is 1. The van der Waals surface area contributed by atoms with Crippen molar-refractivity contribution in [1.29, 1.82) is 0 Å². The largest absolute Gasteiger partial charge is 0.487 e. The molecule has 0 spiro atoms. The molecule has 0 N–H and O–H groups in total. The Kier molecular flexibility index (Phi) is 4.83. The molecule has 2 heterocycles. The maximum absolute atomic E-state index is 12.7. The zero-order valence-electron chi connectivity index (χ0n) is 16.5. The summed E-state index contributed by atoms with van der Waals surface area (Å²) in [5.74, 6) is 0.875. The molecule has 150 valence electrons. The number of aryl methyl sites for hydroxylation is 1. The van der Waals surface area contributed by atoms with Crippen molar-refractivity contribution in [3.05, 3.63) is 58.0 Å². The van der Waals surface area contributed by atoms with E-state index in [-0.39, 0.29) is 11.7 Å². The molecule has 1 aromatic carbocycles. The molecule has 6 nitrogen and oxygen atoms in total. The van der Waals surface area contributed by atoms with Crippen molar-refractivity contribution in [2.75, 3.05) is 13.1 Å². The van der Waals surface area contributed by atoms with E-state index >= 15 is 0 Å². The van der Waals surface area contributed by atoms with Gasteiger partial charge in [0.25, 0.3) is 5.56 Å². The lowest BCUT2D eigenvalue weighted by Crippen LogP contribution is -2.56. The van der Waals surface area contributed by atoms with E-state index in [0.29, 0.717) is 35.7 Å². The fourth-order valence-electron chi connectivity index (χ4n) is 3.59. The van der Waals surface area contributed by atoms with Crippen LogP contribution in [0.2, 0.25) is 0 Å². The number of ether oxygens (including phenoxy) is 1. The molecule has 1 aliphatic carbocycles. The summed E-state index contributed by atoms with van der Waals surface area (Å²) in [6, 6.07) is 10.8. The van der Waals surface area contributed by atoms with E-state index in [1.54, 1.807) is 12.1 Å². The first-order valence-electron chi connectivity index (χ1n) is 9.75. The highest BCUT2D eigenvalue weighted by atomic mass is 32.2. The molecule has 1 aliphatic heterocycles. The molecule has 1 aromatic heterocycles. The predicted octanol–water partition coefficient (Wildman–Crippen LogP) is 3.07. The van der Waals surface area contributed by atoms with Gasteiger partial charge in [-0.05, 0) is 49.4 Å². The van der Waals surface area contributed by atoms with Gasteiger partial charge in [-0.3, -0.25) is 4.79 Å². The molecule has 0 unspecified atom stereocenters. The van der Waals surface area contributed by atoms with Gasteiger partial charge in [0.15, 0.2) is 0 Å². The van der Waals surface area contributed by atoms with Crippen LogP contribution >= 0.6 is 0 Å². The van der Waals surface area contributed by atoms with Crippen LogP contribution in [-0.2, 0) is 10.0 Å². The zero-order chi connectivity index (χ0) is 20.1. The fraction of sp³-hybridized carbons (Fsp3) is 0.476. The standard InChI is InChI=1S/C21H26N2O4S/c1-14(2)16-4-8-20(9-5-16)28(25,26)22-12-19(13-22)27-18-10-15(3)23(17-6-7-17)21(24)11-18/h4-5,8-11,14,17,19H,6-7,12-13H2,1-3H3. The lowest BCUT2D eigenvalue weighted by Gasteiger charge is -2.37. The predicted molar refractivity (Wildman–Crippen MR) is 107 cm³/mol. The molecule has 1 saturated carbocycles. The van der Waals surface area contributed by atoms with Crippen LogP contribution in [-0.4, -0.2) is 36.5 Å². The van der Waals surface area contributed by atoms with Gasteiger partial charge < -0.3 is 9.30 Å².